The standard InChI is InChI=1S/C22H30N8O/c1-27(18-7-4-3-5-8-18)10-6-9-23-20(31)16-29-11-13-30(14-12-29)22-19-15-26-28(2)21(19)24-17-25-22/h3-5,7-8,15,17H,6,9-14,16H2,1-2H3,(H,23,31). The van der Waals surface area contributed by atoms with E-state index in [2.05, 4.69) is 54.3 Å². The fourth-order valence-corrected chi connectivity index (χ4v) is 3.93. The summed E-state index contributed by atoms with van der Waals surface area (Å²) in [5.74, 6) is 1.01. The normalized spacial score (nSPS) is 14.7. The number of aryl methyl sites for hydroxylation is 1. The van der Waals surface area contributed by atoms with Gasteiger partial charge < -0.3 is 15.1 Å². The van der Waals surface area contributed by atoms with Crippen molar-refractivity contribution in [3.8, 4) is 0 Å². The Morgan fingerprint density at radius 3 is 2.68 bits per heavy atom. The van der Waals surface area contributed by atoms with E-state index in [4.69, 9.17) is 0 Å². The van der Waals surface area contributed by atoms with E-state index >= 15 is 0 Å². The number of para-hydroxylation sites is 1. The number of carbonyl (C=O) groups is 1. The van der Waals surface area contributed by atoms with Crippen LogP contribution >= 0.6 is 0 Å². The minimum atomic E-state index is 0.0903. The number of fused-ring (bicyclic) bond motifs is 1. The van der Waals surface area contributed by atoms with Gasteiger partial charge >= 0.3 is 0 Å². The molecule has 164 valence electrons. The topological polar surface area (TPSA) is 82.4 Å². The smallest absolute Gasteiger partial charge is 0.234 e. The van der Waals surface area contributed by atoms with Gasteiger partial charge in [-0.3, -0.25) is 14.4 Å². The predicted octanol–water partition coefficient (Wildman–Crippen LogP) is 1.13. The third-order valence-electron chi connectivity index (χ3n) is 5.74. The number of benzene rings is 1. The van der Waals surface area contributed by atoms with Crippen LogP contribution in [-0.4, -0.2) is 83.4 Å². The van der Waals surface area contributed by atoms with Gasteiger partial charge in [0, 0.05) is 59.1 Å². The molecule has 1 aliphatic heterocycles. The molecule has 0 saturated carbocycles. The third-order valence-corrected chi connectivity index (χ3v) is 5.74. The second kappa shape index (κ2) is 9.74. The molecular formula is C22H30N8O. The van der Waals surface area contributed by atoms with Gasteiger partial charge in [0.2, 0.25) is 5.91 Å². The second-order valence-electron chi connectivity index (χ2n) is 7.93. The first kappa shape index (κ1) is 21.0. The number of anilines is 2. The van der Waals surface area contributed by atoms with Crippen molar-refractivity contribution in [2.45, 2.75) is 6.42 Å². The summed E-state index contributed by atoms with van der Waals surface area (Å²) in [6.45, 7) is 5.35. The number of aromatic nitrogens is 4. The maximum Gasteiger partial charge on any atom is 0.234 e. The summed E-state index contributed by atoms with van der Waals surface area (Å²) in [5.41, 5.74) is 2.03. The zero-order valence-corrected chi connectivity index (χ0v) is 18.2. The first-order valence-electron chi connectivity index (χ1n) is 10.7. The lowest BCUT2D eigenvalue weighted by atomic mass is 10.2. The van der Waals surface area contributed by atoms with Crippen molar-refractivity contribution >= 4 is 28.4 Å². The zero-order valence-electron chi connectivity index (χ0n) is 18.2. The number of piperazine rings is 1. The zero-order chi connectivity index (χ0) is 21.6. The molecule has 0 atom stereocenters. The summed E-state index contributed by atoms with van der Waals surface area (Å²) < 4.78 is 1.76. The first-order valence-corrected chi connectivity index (χ1v) is 10.7. The van der Waals surface area contributed by atoms with Crippen molar-refractivity contribution in [2.75, 3.05) is 62.7 Å². The summed E-state index contributed by atoms with van der Waals surface area (Å²) in [6.07, 6.45) is 4.33. The Morgan fingerprint density at radius 1 is 1.13 bits per heavy atom. The predicted molar refractivity (Wildman–Crippen MR) is 122 cm³/mol. The van der Waals surface area contributed by atoms with Crippen LogP contribution in [0.4, 0.5) is 11.5 Å². The van der Waals surface area contributed by atoms with E-state index in [0.717, 1.165) is 56.0 Å². The van der Waals surface area contributed by atoms with Gasteiger partial charge in [-0.15, -0.1) is 0 Å². The van der Waals surface area contributed by atoms with E-state index in [1.54, 1.807) is 11.0 Å². The first-order chi connectivity index (χ1) is 15.1. The van der Waals surface area contributed by atoms with Gasteiger partial charge in [-0.25, -0.2) is 9.97 Å². The maximum atomic E-state index is 12.3. The third kappa shape index (κ3) is 5.11. The summed E-state index contributed by atoms with van der Waals surface area (Å²) in [6, 6.07) is 10.3. The number of amides is 1. The lowest BCUT2D eigenvalue weighted by Gasteiger charge is -2.35. The quantitative estimate of drug-likeness (QED) is 0.545. The molecular weight excluding hydrogens is 392 g/mol. The van der Waals surface area contributed by atoms with Crippen LogP contribution in [0.2, 0.25) is 0 Å². The minimum absolute atomic E-state index is 0.0903. The Kier molecular flexibility index (Phi) is 6.61. The summed E-state index contributed by atoms with van der Waals surface area (Å²) in [4.78, 5) is 27.8. The molecule has 4 rings (SSSR count). The van der Waals surface area contributed by atoms with Gasteiger partial charge in [-0.2, -0.15) is 5.10 Å². The summed E-state index contributed by atoms with van der Waals surface area (Å²) in [7, 11) is 3.96. The van der Waals surface area contributed by atoms with E-state index in [9.17, 15) is 4.79 Å². The SMILES string of the molecule is CN(CCCNC(=O)CN1CCN(c2ncnc3c2cnn3C)CC1)c1ccccc1. The van der Waals surface area contributed by atoms with E-state index in [1.807, 2.05) is 31.4 Å². The molecule has 1 amide bonds. The number of nitrogens with one attached hydrogen (secondary N) is 1. The van der Waals surface area contributed by atoms with Gasteiger partial charge in [0.1, 0.15) is 12.1 Å². The summed E-state index contributed by atoms with van der Waals surface area (Å²) >= 11 is 0. The molecule has 0 aliphatic carbocycles. The molecule has 1 aliphatic rings. The number of hydrogen-bond acceptors (Lipinski definition) is 7. The summed E-state index contributed by atoms with van der Waals surface area (Å²) in [5, 5.41) is 8.31. The van der Waals surface area contributed by atoms with Crippen LogP contribution in [0.25, 0.3) is 11.0 Å². The molecule has 1 fully saturated rings. The molecule has 31 heavy (non-hydrogen) atoms. The fourth-order valence-electron chi connectivity index (χ4n) is 3.93. The van der Waals surface area contributed by atoms with Crippen LogP contribution in [0.3, 0.4) is 0 Å². The van der Waals surface area contributed by atoms with Crippen molar-refractivity contribution in [3.05, 3.63) is 42.9 Å². The van der Waals surface area contributed by atoms with Gasteiger partial charge in [-0.1, -0.05) is 18.2 Å². The monoisotopic (exact) mass is 422 g/mol. The van der Waals surface area contributed by atoms with Gasteiger partial charge in [0.25, 0.3) is 0 Å². The molecule has 0 unspecified atom stereocenters. The highest BCUT2D eigenvalue weighted by atomic mass is 16.2. The molecule has 1 saturated heterocycles. The van der Waals surface area contributed by atoms with E-state index < -0.39 is 0 Å². The van der Waals surface area contributed by atoms with Crippen molar-refractivity contribution in [2.24, 2.45) is 7.05 Å². The molecule has 3 heterocycles. The Morgan fingerprint density at radius 2 is 1.90 bits per heavy atom. The molecule has 1 N–H and O–H groups in total. The van der Waals surface area contributed by atoms with Crippen LogP contribution in [0.1, 0.15) is 6.42 Å². The second-order valence-corrected chi connectivity index (χ2v) is 7.93. The average Bonchev–Trinajstić information content (AvgIpc) is 3.19. The lowest BCUT2D eigenvalue weighted by molar-refractivity contribution is -0.122. The highest BCUT2D eigenvalue weighted by Crippen LogP contribution is 2.23. The van der Waals surface area contributed by atoms with Crippen molar-refractivity contribution in [1.29, 1.82) is 0 Å². The van der Waals surface area contributed by atoms with E-state index in [-0.39, 0.29) is 5.91 Å². The molecule has 0 radical (unpaired) electrons. The van der Waals surface area contributed by atoms with Gasteiger partial charge in [0.05, 0.1) is 18.1 Å². The molecule has 0 bridgehead atoms. The van der Waals surface area contributed by atoms with Crippen LogP contribution in [0.15, 0.2) is 42.9 Å². The fraction of sp³-hybridized carbons (Fsp3) is 0.455. The van der Waals surface area contributed by atoms with E-state index in [1.165, 1.54) is 5.69 Å². The largest absolute Gasteiger partial charge is 0.375 e. The average molecular weight is 423 g/mol. The lowest BCUT2D eigenvalue weighted by Crippen LogP contribution is -2.50. The number of hydrogen-bond donors (Lipinski definition) is 1. The highest BCUT2D eigenvalue weighted by Gasteiger charge is 2.22. The minimum Gasteiger partial charge on any atom is -0.375 e. The van der Waals surface area contributed by atoms with Crippen molar-refractivity contribution < 1.29 is 4.79 Å². The Hall–Kier alpha value is -3.20. The number of rotatable bonds is 8. The van der Waals surface area contributed by atoms with Gasteiger partial charge in [0.15, 0.2) is 5.65 Å². The van der Waals surface area contributed by atoms with Crippen molar-refractivity contribution in [3.63, 3.8) is 0 Å². The molecule has 9 heteroatoms. The highest BCUT2D eigenvalue weighted by molar-refractivity contribution is 5.86. The molecule has 2 aromatic heterocycles. The van der Waals surface area contributed by atoms with Crippen LogP contribution in [0.5, 0.6) is 0 Å². The van der Waals surface area contributed by atoms with Crippen LogP contribution < -0.4 is 15.1 Å². The molecule has 1 aromatic carbocycles. The van der Waals surface area contributed by atoms with E-state index in [0.29, 0.717) is 13.1 Å². The molecule has 9 nitrogen and oxygen atoms in total. The Labute approximate surface area is 182 Å². The van der Waals surface area contributed by atoms with Gasteiger partial charge in [-0.05, 0) is 18.6 Å². The maximum absolute atomic E-state index is 12.3. The van der Waals surface area contributed by atoms with Crippen LogP contribution in [-0.2, 0) is 11.8 Å². The molecule has 3 aromatic rings. The molecule has 0 spiro atoms. The van der Waals surface area contributed by atoms with Crippen LogP contribution in [0, 0.1) is 0 Å². The van der Waals surface area contributed by atoms with Crippen molar-refractivity contribution in [1.82, 2.24) is 30.0 Å². The number of carbonyl (C=O) groups excluding carboxylic acids is 1. The Balaban J connectivity index is 1.18. The Bertz CT molecular complexity index is 997. The number of nitrogens with zero attached hydrogens (tertiary/aromatic N) is 7.